The van der Waals surface area contributed by atoms with E-state index in [9.17, 15) is 13.2 Å². The summed E-state index contributed by atoms with van der Waals surface area (Å²) in [6, 6.07) is 5.89. The van der Waals surface area contributed by atoms with Gasteiger partial charge in [-0.1, -0.05) is 6.07 Å². The van der Waals surface area contributed by atoms with Crippen LogP contribution in [0, 0.1) is 0 Å². The Balaban J connectivity index is 2.60. The molecule has 0 aromatic heterocycles. The van der Waals surface area contributed by atoms with Gasteiger partial charge in [0.2, 0.25) is 0 Å². The summed E-state index contributed by atoms with van der Waals surface area (Å²) in [7, 11) is 0. The van der Waals surface area contributed by atoms with Gasteiger partial charge in [-0.05, 0) is 19.1 Å². The highest BCUT2D eigenvalue weighted by Crippen LogP contribution is 2.22. The van der Waals surface area contributed by atoms with Crippen LogP contribution in [0.25, 0.3) is 0 Å². The van der Waals surface area contributed by atoms with Crippen LogP contribution in [0.4, 0.5) is 13.2 Å². The Morgan fingerprint density at radius 2 is 1.94 bits per heavy atom. The van der Waals surface area contributed by atoms with Crippen LogP contribution in [0.1, 0.15) is 6.92 Å². The molecule has 0 heterocycles. The second-order valence-electron chi connectivity index (χ2n) is 3.20. The third-order valence-electron chi connectivity index (χ3n) is 1.53. The highest BCUT2D eigenvalue weighted by Gasteiger charge is 2.28. The van der Waals surface area contributed by atoms with Crippen LogP contribution in [-0.4, -0.2) is 19.0 Å². The lowest BCUT2D eigenvalue weighted by Crippen LogP contribution is -2.22. The number of nitrogens with two attached hydrogens (primary N) is 1. The number of hydrogen-bond donors (Lipinski definition) is 1. The van der Waals surface area contributed by atoms with Gasteiger partial charge in [0.15, 0.2) is 6.61 Å². The van der Waals surface area contributed by atoms with Crippen molar-refractivity contribution in [2.75, 3.05) is 6.61 Å². The standard InChI is InChI=1S/C10H12F3NO2/c1-7(14)16-9-4-2-3-8(5-9)15-6-10(11,12)13/h2-5,7H,6,14H2,1H3. The van der Waals surface area contributed by atoms with E-state index < -0.39 is 19.0 Å². The summed E-state index contributed by atoms with van der Waals surface area (Å²) in [5.41, 5.74) is 5.37. The average Bonchev–Trinajstić information content (AvgIpc) is 2.13. The molecular weight excluding hydrogens is 223 g/mol. The molecule has 1 aromatic carbocycles. The van der Waals surface area contributed by atoms with Gasteiger partial charge >= 0.3 is 6.18 Å². The van der Waals surface area contributed by atoms with Crippen molar-refractivity contribution in [3.63, 3.8) is 0 Å². The van der Waals surface area contributed by atoms with Gasteiger partial charge in [-0.2, -0.15) is 13.2 Å². The van der Waals surface area contributed by atoms with E-state index in [4.69, 9.17) is 10.5 Å². The third-order valence-corrected chi connectivity index (χ3v) is 1.53. The maximum absolute atomic E-state index is 11.9. The monoisotopic (exact) mass is 235 g/mol. The Labute approximate surface area is 91.0 Å². The lowest BCUT2D eigenvalue weighted by molar-refractivity contribution is -0.153. The maximum atomic E-state index is 11.9. The molecule has 6 heteroatoms. The molecule has 1 aromatic rings. The van der Waals surface area contributed by atoms with Crippen molar-refractivity contribution in [1.82, 2.24) is 0 Å². The molecule has 0 saturated carbocycles. The number of hydrogen-bond acceptors (Lipinski definition) is 3. The van der Waals surface area contributed by atoms with E-state index >= 15 is 0 Å². The van der Waals surface area contributed by atoms with Crippen molar-refractivity contribution in [3.8, 4) is 11.5 Å². The number of benzene rings is 1. The van der Waals surface area contributed by atoms with E-state index in [2.05, 4.69) is 4.74 Å². The molecule has 0 saturated heterocycles. The molecule has 0 aliphatic rings. The van der Waals surface area contributed by atoms with Crippen molar-refractivity contribution in [1.29, 1.82) is 0 Å². The van der Waals surface area contributed by atoms with Crippen LogP contribution in [0.15, 0.2) is 24.3 Å². The molecule has 0 aliphatic heterocycles. The van der Waals surface area contributed by atoms with Gasteiger partial charge in [0.05, 0.1) is 0 Å². The van der Waals surface area contributed by atoms with Crippen molar-refractivity contribution in [3.05, 3.63) is 24.3 Å². The van der Waals surface area contributed by atoms with Crippen molar-refractivity contribution >= 4 is 0 Å². The van der Waals surface area contributed by atoms with Gasteiger partial charge in [0, 0.05) is 6.07 Å². The first-order chi connectivity index (χ1) is 7.37. The predicted molar refractivity (Wildman–Crippen MR) is 52.3 cm³/mol. The van der Waals surface area contributed by atoms with Crippen LogP contribution < -0.4 is 15.2 Å². The molecular formula is C10H12F3NO2. The van der Waals surface area contributed by atoms with Crippen LogP contribution in [0.5, 0.6) is 11.5 Å². The third kappa shape index (κ3) is 4.88. The summed E-state index contributed by atoms with van der Waals surface area (Å²) >= 11 is 0. The molecule has 1 rings (SSSR count). The van der Waals surface area contributed by atoms with E-state index in [1.807, 2.05) is 0 Å². The van der Waals surface area contributed by atoms with E-state index in [-0.39, 0.29) is 5.75 Å². The molecule has 0 fully saturated rings. The molecule has 16 heavy (non-hydrogen) atoms. The molecule has 90 valence electrons. The largest absolute Gasteiger partial charge is 0.484 e. The predicted octanol–water partition coefficient (Wildman–Crippen LogP) is 2.31. The molecule has 0 radical (unpaired) electrons. The van der Waals surface area contributed by atoms with E-state index in [1.165, 1.54) is 18.2 Å². The van der Waals surface area contributed by atoms with Crippen molar-refractivity contribution in [2.24, 2.45) is 5.73 Å². The fourth-order valence-corrected chi connectivity index (χ4v) is 1.02. The average molecular weight is 235 g/mol. The summed E-state index contributed by atoms with van der Waals surface area (Å²) in [5, 5.41) is 0. The quantitative estimate of drug-likeness (QED) is 0.814. The number of halogens is 3. The Morgan fingerprint density at radius 3 is 2.50 bits per heavy atom. The highest BCUT2D eigenvalue weighted by atomic mass is 19.4. The Hall–Kier alpha value is -1.43. The normalized spacial score (nSPS) is 13.3. The van der Waals surface area contributed by atoms with E-state index in [1.54, 1.807) is 13.0 Å². The van der Waals surface area contributed by atoms with Crippen LogP contribution in [0.2, 0.25) is 0 Å². The second kappa shape index (κ2) is 5.07. The minimum Gasteiger partial charge on any atom is -0.484 e. The summed E-state index contributed by atoms with van der Waals surface area (Å²) in [4.78, 5) is 0. The Morgan fingerprint density at radius 1 is 1.31 bits per heavy atom. The van der Waals surface area contributed by atoms with Gasteiger partial charge in [0.25, 0.3) is 0 Å². The van der Waals surface area contributed by atoms with E-state index in [0.717, 1.165) is 0 Å². The maximum Gasteiger partial charge on any atom is 0.422 e. The lowest BCUT2D eigenvalue weighted by atomic mass is 10.3. The van der Waals surface area contributed by atoms with Gasteiger partial charge in [-0.25, -0.2) is 0 Å². The molecule has 1 unspecified atom stereocenters. The SMILES string of the molecule is CC(N)Oc1cccc(OCC(F)(F)F)c1. The van der Waals surface area contributed by atoms with Crippen molar-refractivity contribution in [2.45, 2.75) is 19.3 Å². The van der Waals surface area contributed by atoms with Gasteiger partial charge < -0.3 is 9.47 Å². The minimum absolute atomic E-state index is 0.0930. The fraction of sp³-hybridized carbons (Fsp3) is 0.400. The molecule has 1 atom stereocenters. The first-order valence-corrected chi connectivity index (χ1v) is 4.59. The summed E-state index contributed by atoms with van der Waals surface area (Å²) in [6.45, 7) is 0.290. The van der Waals surface area contributed by atoms with Crippen LogP contribution >= 0.6 is 0 Å². The molecule has 2 N–H and O–H groups in total. The van der Waals surface area contributed by atoms with Crippen molar-refractivity contribution < 1.29 is 22.6 Å². The Bertz CT molecular complexity index is 339. The van der Waals surface area contributed by atoms with Gasteiger partial charge in [0.1, 0.15) is 17.7 Å². The van der Waals surface area contributed by atoms with Gasteiger partial charge in [-0.15, -0.1) is 0 Å². The van der Waals surface area contributed by atoms with Crippen LogP contribution in [-0.2, 0) is 0 Å². The first-order valence-electron chi connectivity index (χ1n) is 4.59. The molecule has 0 spiro atoms. The number of alkyl halides is 3. The van der Waals surface area contributed by atoms with Crippen LogP contribution in [0.3, 0.4) is 0 Å². The molecule has 3 nitrogen and oxygen atoms in total. The van der Waals surface area contributed by atoms with Gasteiger partial charge in [-0.3, -0.25) is 5.73 Å². The van der Waals surface area contributed by atoms with E-state index in [0.29, 0.717) is 5.75 Å². The smallest absolute Gasteiger partial charge is 0.422 e. The highest BCUT2D eigenvalue weighted by molar-refractivity contribution is 5.33. The topological polar surface area (TPSA) is 44.5 Å². The lowest BCUT2D eigenvalue weighted by Gasteiger charge is -2.12. The molecule has 0 bridgehead atoms. The Kier molecular flexibility index (Phi) is 4.00. The zero-order valence-electron chi connectivity index (χ0n) is 8.62. The molecule has 0 amide bonds. The molecule has 0 aliphatic carbocycles. The zero-order valence-corrected chi connectivity index (χ0v) is 8.62. The summed E-state index contributed by atoms with van der Waals surface area (Å²) in [5.74, 6) is 0.463. The summed E-state index contributed by atoms with van der Waals surface area (Å²) < 4.78 is 45.3. The first kappa shape index (κ1) is 12.6. The zero-order chi connectivity index (χ0) is 12.2. The second-order valence-corrected chi connectivity index (χ2v) is 3.20. The minimum atomic E-state index is -4.35. The summed E-state index contributed by atoms with van der Waals surface area (Å²) in [6.07, 6.45) is -4.88. The fourth-order valence-electron chi connectivity index (χ4n) is 1.02. The number of ether oxygens (including phenoxy) is 2. The number of rotatable bonds is 4.